The van der Waals surface area contributed by atoms with E-state index in [0.29, 0.717) is 25.6 Å². The lowest BCUT2D eigenvalue weighted by molar-refractivity contribution is 0.0601. The molecule has 0 aliphatic carbocycles. The first-order valence-electron chi connectivity index (χ1n) is 9.31. The molecule has 3 aromatic heterocycles. The normalized spacial score (nSPS) is 14.1. The number of rotatable bonds is 8. The van der Waals surface area contributed by atoms with Crippen LogP contribution in [0.4, 0.5) is 0 Å². The van der Waals surface area contributed by atoms with Crippen molar-refractivity contribution in [2.75, 3.05) is 13.1 Å². The smallest absolute Gasteiger partial charge is 0.191 e. The summed E-state index contributed by atoms with van der Waals surface area (Å²) in [6.07, 6.45) is 2.43. The van der Waals surface area contributed by atoms with Crippen molar-refractivity contribution in [3.63, 3.8) is 0 Å². The average Bonchev–Trinajstić information content (AvgIpc) is 3.39. The molecule has 0 aromatic carbocycles. The molecule has 0 aliphatic heterocycles. The fourth-order valence-electron chi connectivity index (χ4n) is 3.01. The Labute approximate surface area is 169 Å². The van der Waals surface area contributed by atoms with Gasteiger partial charge in [-0.15, -0.1) is 11.3 Å². The van der Waals surface area contributed by atoms with Crippen LogP contribution in [0.5, 0.6) is 0 Å². The van der Waals surface area contributed by atoms with Gasteiger partial charge in [0.05, 0.1) is 19.4 Å². The Hall–Kier alpha value is -2.51. The molecule has 3 heterocycles. The summed E-state index contributed by atoms with van der Waals surface area (Å²) in [5.41, 5.74) is -0.292. The fraction of sp³-hybridized carbons (Fsp3) is 0.381. The van der Waals surface area contributed by atoms with Gasteiger partial charge in [0.25, 0.3) is 0 Å². The Bertz CT molecular complexity index is 880. The molecule has 1 atom stereocenters. The van der Waals surface area contributed by atoms with Crippen LogP contribution in [0, 0.1) is 13.8 Å². The van der Waals surface area contributed by atoms with E-state index in [1.807, 2.05) is 43.5 Å². The third-order valence-electron chi connectivity index (χ3n) is 4.44. The minimum Gasteiger partial charge on any atom is -0.469 e. The van der Waals surface area contributed by atoms with E-state index in [0.717, 1.165) is 29.3 Å². The highest BCUT2D eigenvalue weighted by Gasteiger charge is 2.27. The molecule has 0 bridgehead atoms. The fourth-order valence-corrected chi connectivity index (χ4v) is 3.64. The molecule has 0 amide bonds. The maximum atomic E-state index is 10.9. The molecule has 0 spiro atoms. The zero-order chi connectivity index (χ0) is 20.0. The first kappa shape index (κ1) is 20.2. The van der Waals surface area contributed by atoms with Crippen molar-refractivity contribution in [1.29, 1.82) is 0 Å². The third-order valence-corrected chi connectivity index (χ3v) is 5.30. The van der Waals surface area contributed by atoms with Gasteiger partial charge < -0.3 is 24.6 Å². The second-order valence-corrected chi connectivity index (χ2v) is 7.99. The summed E-state index contributed by atoms with van der Waals surface area (Å²) in [6.45, 7) is 7.09. The van der Waals surface area contributed by atoms with Crippen LogP contribution in [-0.4, -0.2) is 24.2 Å². The minimum absolute atomic E-state index is 0.309. The van der Waals surface area contributed by atoms with Crippen molar-refractivity contribution >= 4 is 17.3 Å². The molecule has 6 nitrogen and oxygen atoms in total. The number of guanidine groups is 1. The molecule has 0 fully saturated rings. The summed E-state index contributed by atoms with van der Waals surface area (Å²) < 4.78 is 10.9. The van der Waals surface area contributed by atoms with Crippen LogP contribution in [0.15, 0.2) is 55.8 Å². The predicted octanol–water partition coefficient (Wildman–Crippen LogP) is 3.74. The number of nitrogens with one attached hydrogen (secondary N) is 2. The highest BCUT2D eigenvalue weighted by Crippen LogP contribution is 2.26. The number of hydrogen-bond donors (Lipinski definition) is 3. The molecule has 3 rings (SSSR count). The first-order valence-corrected chi connectivity index (χ1v) is 10.2. The van der Waals surface area contributed by atoms with Crippen LogP contribution in [0.3, 0.4) is 0 Å². The Morgan fingerprint density at radius 3 is 2.75 bits per heavy atom. The summed E-state index contributed by atoms with van der Waals surface area (Å²) in [5, 5.41) is 19.5. The molecule has 3 N–H and O–H groups in total. The van der Waals surface area contributed by atoms with Gasteiger partial charge in [-0.1, -0.05) is 6.07 Å². The molecular weight excluding hydrogens is 374 g/mol. The number of aliphatic imine (C=N–C) groups is 1. The average molecular weight is 402 g/mol. The molecule has 1 unspecified atom stereocenters. The van der Waals surface area contributed by atoms with Crippen LogP contribution in [0.25, 0.3) is 0 Å². The van der Waals surface area contributed by atoms with Crippen LogP contribution in [0.2, 0.25) is 0 Å². The molecule has 0 aliphatic rings. The maximum absolute atomic E-state index is 10.9. The van der Waals surface area contributed by atoms with Gasteiger partial charge >= 0.3 is 0 Å². The van der Waals surface area contributed by atoms with Gasteiger partial charge in [-0.2, -0.15) is 0 Å². The van der Waals surface area contributed by atoms with E-state index in [1.165, 1.54) is 4.88 Å². The van der Waals surface area contributed by atoms with E-state index >= 15 is 0 Å². The summed E-state index contributed by atoms with van der Waals surface area (Å²) >= 11 is 1.67. The van der Waals surface area contributed by atoms with E-state index in [1.54, 1.807) is 24.5 Å². The Kier molecular flexibility index (Phi) is 6.59. The Morgan fingerprint density at radius 2 is 2.11 bits per heavy atom. The van der Waals surface area contributed by atoms with E-state index < -0.39 is 5.60 Å². The van der Waals surface area contributed by atoms with Gasteiger partial charge in [-0.25, -0.2) is 4.99 Å². The highest BCUT2D eigenvalue weighted by atomic mass is 32.1. The third kappa shape index (κ3) is 5.50. The Balaban J connectivity index is 1.63. The molecule has 28 heavy (non-hydrogen) atoms. The maximum Gasteiger partial charge on any atom is 0.191 e. The molecule has 0 radical (unpaired) electrons. The van der Waals surface area contributed by atoms with E-state index in [-0.39, 0.29) is 0 Å². The molecule has 150 valence electrons. The van der Waals surface area contributed by atoms with E-state index in [2.05, 4.69) is 21.7 Å². The van der Waals surface area contributed by atoms with Crippen LogP contribution < -0.4 is 10.6 Å². The minimum atomic E-state index is -1.08. The molecule has 0 saturated carbocycles. The van der Waals surface area contributed by atoms with Crippen LogP contribution >= 0.6 is 11.3 Å². The molecule has 0 saturated heterocycles. The quantitative estimate of drug-likeness (QED) is 0.396. The summed E-state index contributed by atoms with van der Waals surface area (Å²) in [6, 6.07) is 9.78. The van der Waals surface area contributed by atoms with E-state index in [4.69, 9.17) is 8.83 Å². The SMILES string of the molecule is Cc1cc(C(C)(O)CNC(=NCc2cccs2)NCCc2ccco2)c(C)o1. The Morgan fingerprint density at radius 1 is 1.25 bits per heavy atom. The van der Waals surface area contributed by atoms with Crippen molar-refractivity contribution in [1.82, 2.24) is 10.6 Å². The van der Waals surface area contributed by atoms with Gasteiger partial charge in [0.2, 0.25) is 0 Å². The number of thiophene rings is 1. The standard InChI is InChI=1S/C21H27N3O3S/c1-15-12-19(16(2)27-15)21(3,25)14-24-20(23-13-18-7-5-11-28-18)22-9-8-17-6-4-10-26-17/h4-7,10-12,25H,8-9,13-14H2,1-3H3,(H2,22,23,24). The topological polar surface area (TPSA) is 82.9 Å². The van der Waals surface area contributed by atoms with Crippen molar-refractivity contribution in [2.24, 2.45) is 4.99 Å². The second-order valence-electron chi connectivity index (χ2n) is 6.95. The molecule has 7 heteroatoms. The van der Waals surface area contributed by atoms with Crippen LogP contribution in [0.1, 0.15) is 34.6 Å². The number of aliphatic hydroxyl groups is 1. The number of aryl methyl sites for hydroxylation is 2. The van der Waals surface area contributed by atoms with E-state index in [9.17, 15) is 5.11 Å². The number of nitrogens with zero attached hydrogens (tertiary/aromatic N) is 1. The lowest BCUT2D eigenvalue weighted by Gasteiger charge is -2.24. The van der Waals surface area contributed by atoms with Gasteiger partial charge in [0.15, 0.2) is 5.96 Å². The van der Waals surface area contributed by atoms with Crippen molar-refractivity contribution < 1.29 is 13.9 Å². The summed E-state index contributed by atoms with van der Waals surface area (Å²) in [7, 11) is 0. The van der Waals surface area contributed by atoms with Crippen molar-refractivity contribution in [3.05, 3.63) is 69.7 Å². The second kappa shape index (κ2) is 9.12. The van der Waals surface area contributed by atoms with Gasteiger partial charge in [0, 0.05) is 23.4 Å². The first-order chi connectivity index (χ1) is 13.4. The number of furan rings is 2. The zero-order valence-corrected chi connectivity index (χ0v) is 17.3. The van der Waals surface area contributed by atoms with Crippen molar-refractivity contribution in [3.8, 4) is 0 Å². The van der Waals surface area contributed by atoms with Crippen LogP contribution in [-0.2, 0) is 18.6 Å². The molecular formula is C21H27N3O3S. The van der Waals surface area contributed by atoms with Gasteiger partial charge in [-0.05, 0) is 50.4 Å². The highest BCUT2D eigenvalue weighted by molar-refractivity contribution is 7.09. The molecule has 3 aromatic rings. The lowest BCUT2D eigenvalue weighted by Crippen LogP contribution is -2.45. The van der Waals surface area contributed by atoms with Gasteiger partial charge in [0.1, 0.15) is 22.9 Å². The zero-order valence-electron chi connectivity index (χ0n) is 16.5. The summed E-state index contributed by atoms with van der Waals surface area (Å²) in [4.78, 5) is 5.83. The lowest BCUT2D eigenvalue weighted by atomic mass is 9.96. The number of hydrogen-bond acceptors (Lipinski definition) is 5. The summed E-state index contributed by atoms with van der Waals surface area (Å²) in [5.74, 6) is 3.09. The van der Waals surface area contributed by atoms with Crippen molar-refractivity contribution in [2.45, 2.75) is 39.3 Å². The van der Waals surface area contributed by atoms with Gasteiger partial charge in [-0.3, -0.25) is 0 Å². The predicted molar refractivity (Wildman–Crippen MR) is 112 cm³/mol. The monoisotopic (exact) mass is 401 g/mol. The largest absolute Gasteiger partial charge is 0.469 e.